The van der Waals surface area contributed by atoms with Crippen LogP contribution in [0.5, 0.6) is 0 Å². The van der Waals surface area contributed by atoms with E-state index >= 15 is 0 Å². The molecular formula is C14H26N2O4. The van der Waals surface area contributed by atoms with Gasteiger partial charge in [0.05, 0.1) is 12.5 Å². The summed E-state index contributed by atoms with van der Waals surface area (Å²) in [6.07, 6.45) is 2.79. The number of hydrogen-bond donors (Lipinski definition) is 2. The molecular weight excluding hydrogens is 260 g/mol. The smallest absolute Gasteiger partial charge is 0.306 e. The molecule has 2 atom stereocenters. The van der Waals surface area contributed by atoms with Crippen LogP contribution in [-0.4, -0.2) is 62.3 Å². The Labute approximate surface area is 120 Å². The number of rotatable bonds is 8. The third-order valence-electron chi connectivity index (χ3n) is 3.86. The van der Waals surface area contributed by atoms with Crippen molar-refractivity contribution in [1.29, 1.82) is 0 Å². The Morgan fingerprint density at radius 3 is 2.65 bits per heavy atom. The lowest BCUT2D eigenvalue weighted by atomic mass is 9.81. The molecule has 1 fully saturated rings. The Morgan fingerprint density at radius 2 is 2.00 bits per heavy atom. The van der Waals surface area contributed by atoms with Crippen molar-refractivity contribution < 1.29 is 19.4 Å². The zero-order valence-electron chi connectivity index (χ0n) is 12.4. The van der Waals surface area contributed by atoms with Gasteiger partial charge in [-0.25, -0.2) is 0 Å². The van der Waals surface area contributed by atoms with Gasteiger partial charge in [-0.15, -0.1) is 0 Å². The van der Waals surface area contributed by atoms with E-state index in [1.54, 1.807) is 7.11 Å². The largest absolute Gasteiger partial charge is 0.481 e. The number of nitrogens with one attached hydrogen (secondary N) is 1. The van der Waals surface area contributed by atoms with Gasteiger partial charge in [-0.2, -0.15) is 0 Å². The van der Waals surface area contributed by atoms with Crippen LogP contribution >= 0.6 is 0 Å². The molecule has 1 amide bonds. The standard InChI is InChI=1S/C14H26N2O4/c1-16(8-9-20-2)7-6-15-13(17)11-4-3-5-12(10-11)14(18)19/h11-12H,3-10H2,1-2H3,(H,15,17)(H,18,19). The van der Waals surface area contributed by atoms with Crippen LogP contribution in [0.25, 0.3) is 0 Å². The van der Waals surface area contributed by atoms with Crippen LogP contribution < -0.4 is 5.32 Å². The van der Waals surface area contributed by atoms with Crippen molar-refractivity contribution in [3.8, 4) is 0 Å². The molecule has 0 heterocycles. The molecule has 0 aromatic heterocycles. The molecule has 1 saturated carbocycles. The van der Waals surface area contributed by atoms with Crippen molar-refractivity contribution in [2.75, 3.05) is 40.4 Å². The summed E-state index contributed by atoms with van der Waals surface area (Å²) >= 11 is 0. The first-order valence-corrected chi connectivity index (χ1v) is 7.22. The van der Waals surface area contributed by atoms with Crippen LogP contribution in [-0.2, 0) is 14.3 Å². The van der Waals surface area contributed by atoms with Crippen molar-refractivity contribution in [1.82, 2.24) is 10.2 Å². The van der Waals surface area contributed by atoms with Crippen molar-refractivity contribution in [3.05, 3.63) is 0 Å². The van der Waals surface area contributed by atoms with E-state index in [0.29, 0.717) is 26.0 Å². The summed E-state index contributed by atoms with van der Waals surface area (Å²) in [4.78, 5) is 25.1. The number of hydrogen-bond acceptors (Lipinski definition) is 4. The lowest BCUT2D eigenvalue weighted by molar-refractivity contribution is -0.144. The van der Waals surface area contributed by atoms with Gasteiger partial charge in [-0.05, 0) is 26.3 Å². The van der Waals surface area contributed by atoms with Crippen molar-refractivity contribution in [2.45, 2.75) is 25.7 Å². The zero-order valence-corrected chi connectivity index (χ0v) is 12.4. The van der Waals surface area contributed by atoms with Gasteiger partial charge in [0.2, 0.25) is 5.91 Å². The fraction of sp³-hybridized carbons (Fsp3) is 0.857. The summed E-state index contributed by atoms with van der Waals surface area (Å²) in [5.41, 5.74) is 0. The lowest BCUT2D eigenvalue weighted by Crippen LogP contribution is -2.39. The molecule has 0 aromatic carbocycles. The van der Waals surface area contributed by atoms with E-state index in [9.17, 15) is 9.59 Å². The molecule has 1 aliphatic carbocycles. The van der Waals surface area contributed by atoms with E-state index in [4.69, 9.17) is 9.84 Å². The molecule has 0 radical (unpaired) electrons. The predicted octanol–water partition coefficient (Wildman–Crippen LogP) is 0.572. The summed E-state index contributed by atoms with van der Waals surface area (Å²) in [5.74, 6) is -1.28. The van der Waals surface area contributed by atoms with Crippen molar-refractivity contribution in [3.63, 3.8) is 0 Å². The van der Waals surface area contributed by atoms with Crippen molar-refractivity contribution in [2.24, 2.45) is 11.8 Å². The van der Waals surface area contributed by atoms with Gasteiger partial charge in [-0.3, -0.25) is 9.59 Å². The quantitative estimate of drug-likeness (QED) is 0.682. The van der Waals surface area contributed by atoms with Crippen LogP contribution in [0.4, 0.5) is 0 Å². The van der Waals surface area contributed by atoms with E-state index in [1.807, 2.05) is 7.05 Å². The first-order chi connectivity index (χ1) is 9.54. The Hall–Kier alpha value is -1.14. The van der Waals surface area contributed by atoms with Crippen molar-refractivity contribution >= 4 is 11.9 Å². The van der Waals surface area contributed by atoms with Gasteiger partial charge in [0, 0.05) is 32.7 Å². The number of methoxy groups -OCH3 is 1. The number of ether oxygens (including phenoxy) is 1. The molecule has 0 aliphatic heterocycles. The number of carboxylic acids is 1. The highest BCUT2D eigenvalue weighted by Gasteiger charge is 2.30. The average Bonchev–Trinajstić information content (AvgIpc) is 2.45. The van der Waals surface area contributed by atoms with Gasteiger partial charge >= 0.3 is 5.97 Å². The molecule has 116 valence electrons. The second-order valence-electron chi connectivity index (χ2n) is 5.49. The molecule has 20 heavy (non-hydrogen) atoms. The SMILES string of the molecule is COCCN(C)CCNC(=O)C1CCCC(C(=O)O)C1. The van der Waals surface area contributed by atoms with E-state index < -0.39 is 5.97 Å². The number of aliphatic carboxylic acids is 1. The molecule has 6 heteroatoms. The molecule has 2 unspecified atom stereocenters. The molecule has 0 bridgehead atoms. The van der Waals surface area contributed by atoms with E-state index in [2.05, 4.69) is 10.2 Å². The molecule has 1 rings (SSSR count). The third-order valence-corrected chi connectivity index (χ3v) is 3.86. The Kier molecular flexibility index (Phi) is 7.54. The fourth-order valence-electron chi connectivity index (χ4n) is 2.53. The summed E-state index contributed by atoms with van der Waals surface area (Å²) in [6, 6.07) is 0. The maximum Gasteiger partial charge on any atom is 0.306 e. The Bertz CT molecular complexity index is 322. The maximum absolute atomic E-state index is 12.0. The summed E-state index contributed by atoms with van der Waals surface area (Å²) in [7, 11) is 3.64. The maximum atomic E-state index is 12.0. The summed E-state index contributed by atoms with van der Waals surface area (Å²) in [6.45, 7) is 2.86. The van der Waals surface area contributed by atoms with Gasteiger partial charge in [0.25, 0.3) is 0 Å². The van der Waals surface area contributed by atoms with Gasteiger partial charge in [-0.1, -0.05) is 6.42 Å². The number of carbonyl (C=O) groups excluding carboxylic acids is 1. The molecule has 1 aliphatic rings. The van der Waals surface area contributed by atoms with Crippen LogP contribution in [0, 0.1) is 11.8 Å². The van der Waals surface area contributed by atoms with Gasteiger partial charge in [0.1, 0.15) is 0 Å². The highest BCUT2D eigenvalue weighted by atomic mass is 16.5. The number of likely N-dealkylation sites (N-methyl/N-ethyl adjacent to an activating group) is 1. The van der Waals surface area contributed by atoms with Gasteiger partial charge in [0.15, 0.2) is 0 Å². The second-order valence-corrected chi connectivity index (χ2v) is 5.49. The van der Waals surface area contributed by atoms with Crippen LogP contribution in [0.1, 0.15) is 25.7 Å². The predicted molar refractivity (Wildman–Crippen MR) is 75.5 cm³/mol. The minimum atomic E-state index is -0.776. The molecule has 2 N–H and O–H groups in total. The highest BCUT2D eigenvalue weighted by molar-refractivity contribution is 5.80. The monoisotopic (exact) mass is 286 g/mol. The molecule has 6 nitrogen and oxygen atoms in total. The Morgan fingerprint density at radius 1 is 1.30 bits per heavy atom. The van der Waals surface area contributed by atoms with Crippen LogP contribution in [0.2, 0.25) is 0 Å². The number of amides is 1. The first kappa shape index (κ1) is 16.9. The molecule has 0 saturated heterocycles. The number of carbonyl (C=O) groups is 2. The average molecular weight is 286 g/mol. The first-order valence-electron chi connectivity index (χ1n) is 7.22. The topological polar surface area (TPSA) is 78.9 Å². The molecule has 0 aromatic rings. The fourth-order valence-corrected chi connectivity index (χ4v) is 2.53. The van der Waals surface area contributed by atoms with E-state index in [-0.39, 0.29) is 17.7 Å². The second kappa shape index (κ2) is 8.92. The third kappa shape index (κ3) is 5.88. The zero-order chi connectivity index (χ0) is 15.0. The van der Waals surface area contributed by atoms with Crippen LogP contribution in [0.15, 0.2) is 0 Å². The van der Waals surface area contributed by atoms with E-state index in [0.717, 1.165) is 25.9 Å². The minimum absolute atomic E-state index is 0.00362. The van der Waals surface area contributed by atoms with Crippen LogP contribution in [0.3, 0.4) is 0 Å². The summed E-state index contributed by atoms with van der Waals surface area (Å²) in [5, 5.41) is 11.9. The summed E-state index contributed by atoms with van der Waals surface area (Å²) < 4.78 is 4.98. The lowest BCUT2D eigenvalue weighted by Gasteiger charge is -2.26. The normalized spacial score (nSPS) is 22.8. The Balaban J connectivity index is 2.23. The molecule has 0 spiro atoms. The highest BCUT2D eigenvalue weighted by Crippen LogP contribution is 2.29. The number of nitrogens with zero attached hydrogens (tertiary/aromatic N) is 1. The minimum Gasteiger partial charge on any atom is -0.481 e. The van der Waals surface area contributed by atoms with Gasteiger partial charge < -0.3 is 20.1 Å². The number of carboxylic acid groups (broad SMARTS) is 1. The van der Waals surface area contributed by atoms with E-state index in [1.165, 1.54) is 0 Å².